The molecule has 0 aromatic carbocycles. The summed E-state index contributed by atoms with van der Waals surface area (Å²) >= 11 is 3.42. The summed E-state index contributed by atoms with van der Waals surface area (Å²) in [4.78, 5) is 24.5. The summed E-state index contributed by atoms with van der Waals surface area (Å²) in [5.74, 6) is -0.404. The molecule has 1 N–H and O–H groups in total. The van der Waals surface area contributed by atoms with Crippen molar-refractivity contribution in [3.8, 4) is 0 Å². The number of aryl methyl sites for hydroxylation is 2. The number of hydrogen-bond donors (Lipinski definition) is 1. The lowest BCUT2D eigenvalue weighted by molar-refractivity contribution is -0.147. The topological polar surface area (TPSA) is 67.2 Å². The molecule has 0 atom stereocenters. The quantitative estimate of drug-likeness (QED) is 0.778. The highest BCUT2D eigenvalue weighted by Crippen LogP contribution is 2.22. The second-order valence-corrected chi connectivity index (χ2v) is 4.74. The highest BCUT2D eigenvalue weighted by molar-refractivity contribution is 9.10. The molecule has 0 radical (unpaired) electrons. The molecule has 1 saturated heterocycles. The minimum atomic E-state index is -0.202. The molecule has 0 saturated carbocycles. The van der Waals surface area contributed by atoms with E-state index in [4.69, 9.17) is 0 Å². The monoisotopic (exact) mass is 300 g/mol. The minimum Gasteiger partial charge on any atom is -0.300 e. The van der Waals surface area contributed by atoms with Crippen LogP contribution in [0.1, 0.15) is 11.4 Å². The predicted octanol–water partition coefficient (Wildman–Crippen LogP) is -0.0506. The van der Waals surface area contributed by atoms with E-state index in [-0.39, 0.29) is 31.4 Å². The Labute approximate surface area is 107 Å². The lowest BCUT2D eigenvalue weighted by atomic mass is 10.3. The number of carbonyl (C=O) groups is 2. The first kappa shape index (κ1) is 12.3. The molecule has 1 aliphatic rings. The fourth-order valence-electron chi connectivity index (χ4n) is 1.78. The van der Waals surface area contributed by atoms with Gasteiger partial charge in [0.1, 0.15) is 0 Å². The maximum Gasteiger partial charge on any atom is 0.243 e. The van der Waals surface area contributed by atoms with Gasteiger partial charge in [0.05, 0.1) is 35.5 Å². The maximum atomic E-state index is 11.6. The zero-order valence-corrected chi connectivity index (χ0v) is 11.2. The Kier molecular flexibility index (Phi) is 3.30. The molecule has 1 fully saturated rings. The van der Waals surface area contributed by atoms with Gasteiger partial charge in [0.15, 0.2) is 0 Å². The van der Waals surface area contributed by atoms with Gasteiger partial charge in [0, 0.05) is 7.05 Å². The number of nitrogens with zero attached hydrogens (tertiary/aromatic N) is 3. The third-order valence-electron chi connectivity index (χ3n) is 2.72. The van der Waals surface area contributed by atoms with E-state index in [1.165, 1.54) is 4.90 Å². The molecule has 92 valence electrons. The molecule has 1 aliphatic heterocycles. The average molecular weight is 301 g/mol. The highest BCUT2D eigenvalue weighted by Gasteiger charge is 2.27. The smallest absolute Gasteiger partial charge is 0.243 e. The molecule has 7 heteroatoms. The van der Waals surface area contributed by atoms with Gasteiger partial charge in [-0.1, -0.05) is 0 Å². The molecule has 1 aromatic heterocycles. The number of imide groups is 1. The van der Waals surface area contributed by atoms with Crippen LogP contribution < -0.4 is 5.32 Å². The molecule has 0 spiro atoms. The van der Waals surface area contributed by atoms with Crippen LogP contribution in [0.2, 0.25) is 0 Å². The summed E-state index contributed by atoms with van der Waals surface area (Å²) in [7, 11) is 1.80. The van der Waals surface area contributed by atoms with E-state index in [1.54, 1.807) is 11.7 Å². The third kappa shape index (κ3) is 2.25. The number of aromatic nitrogens is 2. The Balaban J connectivity index is 2.25. The van der Waals surface area contributed by atoms with Gasteiger partial charge >= 0.3 is 0 Å². The lowest BCUT2D eigenvalue weighted by Gasteiger charge is -2.25. The molecule has 2 amide bonds. The number of piperazine rings is 1. The predicted molar refractivity (Wildman–Crippen MR) is 64.1 cm³/mol. The number of amides is 2. The number of rotatable bonds is 2. The number of nitrogens with one attached hydrogen (secondary N) is 1. The summed E-state index contributed by atoms with van der Waals surface area (Å²) in [5.41, 5.74) is 1.67. The molecular formula is C10H13BrN4O2. The fourth-order valence-corrected chi connectivity index (χ4v) is 2.25. The van der Waals surface area contributed by atoms with Gasteiger partial charge in [-0.05, 0) is 22.9 Å². The van der Waals surface area contributed by atoms with Crippen molar-refractivity contribution in [3.05, 3.63) is 15.9 Å². The largest absolute Gasteiger partial charge is 0.300 e. The van der Waals surface area contributed by atoms with Gasteiger partial charge in [0.25, 0.3) is 0 Å². The van der Waals surface area contributed by atoms with Crippen molar-refractivity contribution in [1.29, 1.82) is 0 Å². The molecule has 0 aliphatic carbocycles. The average Bonchev–Trinajstić information content (AvgIpc) is 2.49. The van der Waals surface area contributed by atoms with Crippen LogP contribution in [0.5, 0.6) is 0 Å². The van der Waals surface area contributed by atoms with E-state index in [1.807, 2.05) is 6.92 Å². The van der Waals surface area contributed by atoms with E-state index in [2.05, 4.69) is 26.3 Å². The summed E-state index contributed by atoms with van der Waals surface area (Å²) in [5, 5.41) is 6.99. The second-order valence-electron chi connectivity index (χ2n) is 3.95. The summed E-state index contributed by atoms with van der Waals surface area (Å²) in [6, 6.07) is 0. The summed E-state index contributed by atoms with van der Waals surface area (Å²) in [6.45, 7) is 2.55. The normalized spacial score (nSPS) is 16.8. The van der Waals surface area contributed by atoms with Crippen molar-refractivity contribution < 1.29 is 9.59 Å². The van der Waals surface area contributed by atoms with Gasteiger partial charge in [-0.15, -0.1) is 0 Å². The van der Waals surface area contributed by atoms with Crippen LogP contribution in [-0.2, 0) is 23.2 Å². The van der Waals surface area contributed by atoms with Crippen molar-refractivity contribution in [3.63, 3.8) is 0 Å². The van der Waals surface area contributed by atoms with E-state index in [0.717, 1.165) is 15.9 Å². The third-order valence-corrected chi connectivity index (χ3v) is 3.76. The number of hydrogen-bond acceptors (Lipinski definition) is 4. The Hall–Kier alpha value is -1.21. The van der Waals surface area contributed by atoms with Crippen LogP contribution in [-0.4, -0.2) is 39.6 Å². The van der Waals surface area contributed by atoms with Gasteiger partial charge in [-0.3, -0.25) is 24.5 Å². The van der Waals surface area contributed by atoms with Crippen molar-refractivity contribution in [2.45, 2.75) is 13.5 Å². The first-order valence-electron chi connectivity index (χ1n) is 5.22. The lowest BCUT2D eigenvalue weighted by Crippen LogP contribution is -2.51. The molecule has 0 unspecified atom stereocenters. The standard InChI is InChI=1S/C10H13BrN4O2/c1-6-10(11)7(14(2)13-6)5-15-8(16)3-12-4-9(15)17/h12H,3-5H2,1-2H3. The fraction of sp³-hybridized carbons (Fsp3) is 0.500. The van der Waals surface area contributed by atoms with Crippen molar-refractivity contribution in [2.75, 3.05) is 13.1 Å². The highest BCUT2D eigenvalue weighted by atomic mass is 79.9. The van der Waals surface area contributed by atoms with Gasteiger partial charge < -0.3 is 0 Å². The van der Waals surface area contributed by atoms with Crippen molar-refractivity contribution in [2.24, 2.45) is 7.05 Å². The molecular weight excluding hydrogens is 288 g/mol. The van der Waals surface area contributed by atoms with Gasteiger partial charge in [-0.25, -0.2) is 0 Å². The second kappa shape index (κ2) is 4.58. The first-order valence-corrected chi connectivity index (χ1v) is 6.02. The zero-order chi connectivity index (χ0) is 12.6. The van der Waals surface area contributed by atoms with Crippen molar-refractivity contribution >= 4 is 27.7 Å². The maximum absolute atomic E-state index is 11.6. The van der Waals surface area contributed by atoms with Crippen LogP contribution in [0, 0.1) is 6.92 Å². The minimum absolute atomic E-state index is 0.202. The Morgan fingerprint density at radius 3 is 2.41 bits per heavy atom. The van der Waals surface area contributed by atoms with E-state index < -0.39 is 0 Å². The van der Waals surface area contributed by atoms with Gasteiger partial charge in [-0.2, -0.15) is 5.10 Å². The van der Waals surface area contributed by atoms with E-state index >= 15 is 0 Å². The van der Waals surface area contributed by atoms with Crippen LogP contribution in [0.4, 0.5) is 0 Å². The van der Waals surface area contributed by atoms with Gasteiger partial charge in [0.2, 0.25) is 11.8 Å². The molecule has 17 heavy (non-hydrogen) atoms. The van der Waals surface area contributed by atoms with E-state index in [0.29, 0.717) is 0 Å². The molecule has 0 bridgehead atoms. The SMILES string of the molecule is Cc1nn(C)c(CN2C(=O)CNCC2=O)c1Br. The number of halogens is 1. The van der Waals surface area contributed by atoms with Crippen LogP contribution in [0.25, 0.3) is 0 Å². The van der Waals surface area contributed by atoms with Crippen LogP contribution in [0.3, 0.4) is 0 Å². The van der Waals surface area contributed by atoms with Crippen LogP contribution >= 0.6 is 15.9 Å². The Bertz CT molecular complexity index is 467. The molecule has 6 nitrogen and oxygen atoms in total. The van der Waals surface area contributed by atoms with E-state index in [9.17, 15) is 9.59 Å². The molecule has 1 aromatic rings. The Morgan fingerprint density at radius 1 is 1.35 bits per heavy atom. The molecule has 2 heterocycles. The molecule has 2 rings (SSSR count). The summed E-state index contributed by atoms with van der Waals surface area (Å²) < 4.78 is 2.53. The first-order chi connectivity index (χ1) is 8.00. The summed E-state index contributed by atoms with van der Waals surface area (Å²) in [6.07, 6.45) is 0. The van der Waals surface area contributed by atoms with Crippen molar-refractivity contribution in [1.82, 2.24) is 20.0 Å². The number of carbonyl (C=O) groups excluding carboxylic acids is 2. The Morgan fingerprint density at radius 2 is 1.94 bits per heavy atom. The van der Waals surface area contributed by atoms with Crippen LogP contribution in [0.15, 0.2) is 4.47 Å². The zero-order valence-electron chi connectivity index (χ0n) is 9.66.